The van der Waals surface area contributed by atoms with E-state index in [1.165, 1.54) is 0 Å². The maximum absolute atomic E-state index is 12.4. The Labute approximate surface area is 141 Å². The molecule has 0 bridgehead atoms. The van der Waals surface area contributed by atoms with Crippen molar-refractivity contribution in [3.63, 3.8) is 0 Å². The number of rotatable bonds is 4. The fourth-order valence-corrected chi connectivity index (χ4v) is 2.44. The second kappa shape index (κ2) is 7.27. The number of ether oxygens (including phenoxy) is 1. The summed E-state index contributed by atoms with van der Waals surface area (Å²) in [5.41, 5.74) is 2.15. The second-order valence-electron chi connectivity index (χ2n) is 5.77. The molecule has 24 heavy (non-hydrogen) atoms. The van der Waals surface area contributed by atoms with E-state index < -0.39 is 0 Å². The van der Waals surface area contributed by atoms with Crippen molar-refractivity contribution in [1.29, 1.82) is 0 Å². The molecule has 1 fully saturated rings. The van der Waals surface area contributed by atoms with Crippen LogP contribution >= 0.6 is 0 Å². The van der Waals surface area contributed by atoms with E-state index in [2.05, 4.69) is 20.2 Å². The number of nitrogens with zero attached hydrogens (tertiary/aromatic N) is 4. The van der Waals surface area contributed by atoms with Crippen molar-refractivity contribution >= 4 is 23.2 Å². The predicted octanol–water partition coefficient (Wildman–Crippen LogP) is 1.63. The molecule has 1 N–H and O–H groups in total. The molecular weight excluding hydrogens is 306 g/mol. The van der Waals surface area contributed by atoms with Crippen LogP contribution in [0.25, 0.3) is 0 Å². The highest BCUT2D eigenvalue weighted by atomic mass is 16.5. The smallest absolute Gasteiger partial charge is 0.255 e. The van der Waals surface area contributed by atoms with Crippen LogP contribution in [0.2, 0.25) is 0 Å². The lowest BCUT2D eigenvalue weighted by Crippen LogP contribution is -2.37. The SMILES string of the molecule is CN(C)c1cccc(C(=O)Nc2cnc(N3CCOCC3)nc2)c1. The minimum Gasteiger partial charge on any atom is -0.378 e. The van der Waals surface area contributed by atoms with Gasteiger partial charge >= 0.3 is 0 Å². The summed E-state index contributed by atoms with van der Waals surface area (Å²) in [5, 5.41) is 2.83. The van der Waals surface area contributed by atoms with E-state index in [0.29, 0.717) is 30.4 Å². The second-order valence-corrected chi connectivity index (χ2v) is 5.77. The number of anilines is 3. The number of aromatic nitrogens is 2. The first kappa shape index (κ1) is 16.2. The van der Waals surface area contributed by atoms with Gasteiger partial charge in [0, 0.05) is 38.4 Å². The van der Waals surface area contributed by atoms with Crippen molar-refractivity contribution in [3.8, 4) is 0 Å². The number of carbonyl (C=O) groups excluding carboxylic acids is 1. The fourth-order valence-electron chi connectivity index (χ4n) is 2.44. The van der Waals surface area contributed by atoms with Crippen molar-refractivity contribution in [2.24, 2.45) is 0 Å². The normalized spacial score (nSPS) is 14.3. The summed E-state index contributed by atoms with van der Waals surface area (Å²) in [6, 6.07) is 7.45. The first-order valence-corrected chi connectivity index (χ1v) is 7.87. The minimum atomic E-state index is -0.179. The molecule has 1 aromatic heterocycles. The van der Waals surface area contributed by atoms with Gasteiger partial charge in [-0.3, -0.25) is 4.79 Å². The monoisotopic (exact) mass is 327 g/mol. The van der Waals surface area contributed by atoms with Crippen LogP contribution in [-0.2, 0) is 4.74 Å². The number of hydrogen-bond acceptors (Lipinski definition) is 6. The molecule has 2 heterocycles. The van der Waals surface area contributed by atoms with Gasteiger partial charge < -0.3 is 19.9 Å². The Morgan fingerprint density at radius 1 is 1.21 bits per heavy atom. The van der Waals surface area contributed by atoms with E-state index in [1.807, 2.05) is 37.2 Å². The third-order valence-corrected chi connectivity index (χ3v) is 3.81. The molecular formula is C17H21N5O2. The average molecular weight is 327 g/mol. The zero-order valence-corrected chi connectivity index (χ0v) is 13.9. The van der Waals surface area contributed by atoms with Crippen LogP contribution in [0, 0.1) is 0 Å². The van der Waals surface area contributed by atoms with Gasteiger partial charge in [0.25, 0.3) is 5.91 Å². The molecule has 0 aliphatic carbocycles. The summed E-state index contributed by atoms with van der Waals surface area (Å²) in [5.74, 6) is 0.479. The Kier molecular flexibility index (Phi) is 4.90. The van der Waals surface area contributed by atoms with Gasteiger partial charge in [-0.1, -0.05) is 6.07 Å². The molecule has 7 nitrogen and oxygen atoms in total. The summed E-state index contributed by atoms with van der Waals surface area (Å²) in [6.45, 7) is 2.93. The van der Waals surface area contributed by atoms with Crippen molar-refractivity contribution < 1.29 is 9.53 Å². The Balaban J connectivity index is 1.67. The average Bonchev–Trinajstić information content (AvgIpc) is 2.63. The number of hydrogen-bond donors (Lipinski definition) is 1. The van der Waals surface area contributed by atoms with Gasteiger partial charge in [-0.05, 0) is 18.2 Å². The van der Waals surface area contributed by atoms with Gasteiger partial charge in [-0.15, -0.1) is 0 Å². The van der Waals surface area contributed by atoms with E-state index in [9.17, 15) is 4.79 Å². The van der Waals surface area contributed by atoms with Gasteiger partial charge in [0.1, 0.15) is 0 Å². The summed E-state index contributed by atoms with van der Waals surface area (Å²) in [6.07, 6.45) is 3.26. The van der Waals surface area contributed by atoms with Gasteiger partial charge in [-0.2, -0.15) is 0 Å². The highest BCUT2D eigenvalue weighted by Gasteiger charge is 2.14. The Bertz CT molecular complexity index is 696. The van der Waals surface area contributed by atoms with Gasteiger partial charge in [0.2, 0.25) is 5.95 Å². The molecule has 0 radical (unpaired) electrons. The zero-order valence-electron chi connectivity index (χ0n) is 13.9. The van der Waals surface area contributed by atoms with E-state index in [-0.39, 0.29) is 5.91 Å². The largest absolute Gasteiger partial charge is 0.378 e. The number of carbonyl (C=O) groups is 1. The highest BCUT2D eigenvalue weighted by molar-refractivity contribution is 6.04. The number of benzene rings is 1. The maximum Gasteiger partial charge on any atom is 0.255 e. The van der Waals surface area contributed by atoms with Crippen LogP contribution in [-0.4, -0.2) is 56.3 Å². The van der Waals surface area contributed by atoms with Gasteiger partial charge in [-0.25, -0.2) is 9.97 Å². The van der Waals surface area contributed by atoms with Crippen molar-refractivity contribution in [3.05, 3.63) is 42.2 Å². The molecule has 0 spiro atoms. The predicted molar refractivity (Wildman–Crippen MR) is 93.8 cm³/mol. The lowest BCUT2D eigenvalue weighted by molar-refractivity contribution is 0.102. The fraction of sp³-hybridized carbons (Fsp3) is 0.353. The molecule has 1 aromatic carbocycles. The van der Waals surface area contributed by atoms with E-state index in [0.717, 1.165) is 18.8 Å². The molecule has 2 aromatic rings. The lowest BCUT2D eigenvalue weighted by atomic mass is 10.2. The summed E-state index contributed by atoms with van der Waals surface area (Å²) in [7, 11) is 3.88. The van der Waals surface area contributed by atoms with E-state index in [1.54, 1.807) is 18.5 Å². The molecule has 1 saturated heterocycles. The first-order chi connectivity index (χ1) is 11.6. The molecule has 1 aliphatic heterocycles. The molecule has 0 atom stereocenters. The van der Waals surface area contributed by atoms with Crippen LogP contribution in [0.5, 0.6) is 0 Å². The molecule has 0 saturated carbocycles. The topological polar surface area (TPSA) is 70.6 Å². The number of morpholine rings is 1. The summed E-state index contributed by atoms with van der Waals surface area (Å²) >= 11 is 0. The third kappa shape index (κ3) is 3.80. The lowest BCUT2D eigenvalue weighted by Gasteiger charge is -2.26. The third-order valence-electron chi connectivity index (χ3n) is 3.81. The number of amides is 1. The molecule has 3 rings (SSSR count). The minimum absolute atomic E-state index is 0.179. The van der Waals surface area contributed by atoms with Crippen LogP contribution < -0.4 is 15.1 Å². The van der Waals surface area contributed by atoms with Crippen molar-refractivity contribution in [2.75, 3.05) is 55.5 Å². The Morgan fingerprint density at radius 3 is 2.58 bits per heavy atom. The van der Waals surface area contributed by atoms with Crippen LogP contribution in [0.3, 0.4) is 0 Å². The molecule has 0 unspecified atom stereocenters. The zero-order chi connectivity index (χ0) is 16.9. The van der Waals surface area contributed by atoms with E-state index >= 15 is 0 Å². The molecule has 7 heteroatoms. The summed E-state index contributed by atoms with van der Waals surface area (Å²) in [4.78, 5) is 25.0. The molecule has 1 amide bonds. The van der Waals surface area contributed by atoms with Crippen molar-refractivity contribution in [1.82, 2.24) is 9.97 Å². The van der Waals surface area contributed by atoms with Crippen molar-refractivity contribution in [2.45, 2.75) is 0 Å². The first-order valence-electron chi connectivity index (χ1n) is 7.87. The standard InChI is InChI=1S/C17H21N5O2/c1-21(2)15-5-3-4-13(10-15)16(23)20-14-11-18-17(19-12-14)22-6-8-24-9-7-22/h3-5,10-12H,6-9H2,1-2H3,(H,20,23). The highest BCUT2D eigenvalue weighted by Crippen LogP contribution is 2.16. The Morgan fingerprint density at radius 2 is 1.92 bits per heavy atom. The summed E-state index contributed by atoms with van der Waals surface area (Å²) < 4.78 is 5.32. The molecule has 126 valence electrons. The van der Waals surface area contributed by atoms with Gasteiger partial charge in [0.15, 0.2) is 0 Å². The van der Waals surface area contributed by atoms with Crippen LogP contribution in [0.15, 0.2) is 36.7 Å². The van der Waals surface area contributed by atoms with Gasteiger partial charge in [0.05, 0.1) is 31.3 Å². The molecule has 1 aliphatic rings. The van der Waals surface area contributed by atoms with Crippen LogP contribution in [0.1, 0.15) is 10.4 Å². The van der Waals surface area contributed by atoms with E-state index in [4.69, 9.17) is 4.74 Å². The quantitative estimate of drug-likeness (QED) is 0.920. The maximum atomic E-state index is 12.4. The van der Waals surface area contributed by atoms with Crippen LogP contribution in [0.4, 0.5) is 17.3 Å². The number of nitrogens with one attached hydrogen (secondary N) is 1. The Hall–Kier alpha value is -2.67.